The van der Waals surface area contributed by atoms with Crippen molar-refractivity contribution in [2.45, 2.75) is 39.8 Å². The van der Waals surface area contributed by atoms with Gasteiger partial charge in [-0.25, -0.2) is 0 Å². The van der Waals surface area contributed by atoms with E-state index in [0.29, 0.717) is 12.1 Å². The van der Waals surface area contributed by atoms with E-state index in [-0.39, 0.29) is 0 Å². The first-order chi connectivity index (χ1) is 16.6. The van der Waals surface area contributed by atoms with E-state index in [1.807, 2.05) is 0 Å². The van der Waals surface area contributed by atoms with Gasteiger partial charge in [-0.1, -0.05) is 12.1 Å². The fourth-order valence-electron chi connectivity index (χ4n) is 4.30. The Morgan fingerprint density at radius 3 is 1.06 bits per heavy atom. The Morgan fingerprint density at radius 2 is 0.765 bits per heavy atom. The zero-order chi connectivity index (χ0) is 23.9. The Kier molecular flexibility index (Phi) is 8.18. The molecule has 0 atom stereocenters. The average Bonchev–Trinajstić information content (AvgIpc) is 3.27. The van der Waals surface area contributed by atoms with Crippen LogP contribution in [-0.4, -0.2) is 34.0 Å². The molecule has 1 heterocycles. The summed E-state index contributed by atoms with van der Waals surface area (Å²) in [7, 11) is 2.22. The maximum absolute atomic E-state index is 2.33. The molecule has 0 unspecified atom stereocenters. The van der Waals surface area contributed by atoms with Crippen molar-refractivity contribution < 1.29 is 0 Å². The van der Waals surface area contributed by atoms with Crippen molar-refractivity contribution in [3.8, 4) is 0 Å². The Bertz CT molecular complexity index is 1020. The Morgan fingerprint density at radius 1 is 0.471 bits per heavy atom. The zero-order valence-electron chi connectivity index (χ0n) is 20.6. The Labute approximate surface area is 210 Å². The SMILES string of the molecule is CC(C)N1[B]N(C(C)C)c2ccccc21.c1cc[c]([Ge]([c]2ccccc2)[c]2ccccc2)cc1. The molecule has 0 aliphatic carbocycles. The number of para-hydroxylation sites is 2. The summed E-state index contributed by atoms with van der Waals surface area (Å²) in [6, 6.07) is 42.4. The van der Waals surface area contributed by atoms with Gasteiger partial charge in [-0.05, 0) is 39.8 Å². The van der Waals surface area contributed by atoms with Gasteiger partial charge in [0.1, 0.15) is 0 Å². The minimum absolute atomic E-state index is 0.509. The summed E-state index contributed by atoms with van der Waals surface area (Å²) < 4.78 is 4.50. The van der Waals surface area contributed by atoms with Gasteiger partial charge < -0.3 is 9.62 Å². The fourth-order valence-corrected chi connectivity index (χ4v) is 9.70. The first-order valence-electron chi connectivity index (χ1n) is 12.1. The molecule has 4 aromatic rings. The number of rotatable bonds is 5. The fraction of sp³-hybridized carbons (Fsp3) is 0.200. The average molecular weight is 505 g/mol. The summed E-state index contributed by atoms with van der Waals surface area (Å²) in [6.07, 6.45) is 0. The van der Waals surface area contributed by atoms with Gasteiger partial charge in [0.25, 0.3) is 0 Å². The van der Waals surface area contributed by atoms with Crippen LogP contribution in [0.5, 0.6) is 0 Å². The molecule has 1 aliphatic rings. The van der Waals surface area contributed by atoms with Crippen LogP contribution in [0.1, 0.15) is 27.7 Å². The number of hydrogen-bond donors (Lipinski definition) is 0. The van der Waals surface area contributed by atoms with Crippen LogP contribution in [0.25, 0.3) is 0 Å². The third-order valence-electron chi connectivity index (χ3n) is 5.99. The predicted molar refractivity (Wildman–Crippen MR) is 151 cm³/mol. The first-order valence-corrected chi connectivity index (χ1v) is 15.2. The van der Waals surface area contributed by atoms with Crippen molar-refractivity contribution in [1.29, 1.82) is 0 Å². The molecular weight excluding hydrogens is 472 g/mol. The van der Waals surface area contributed by atoms with Crippen molar-refractivity contribution in [3.63, 3.8) is 0 Å². The molecule has 0 saturated carbocycles. The van der Waals surface area contributed by atoms with Crippen molar-refractivity contribution in [2.75, 3.05) is 9.62 Å². The summed E-state index contributed by atoms with van der Waals surface area (Å²) in [5.41, 5.74) is 2.64. The van der Waals surface area contributed by atoms with Crippen LogP contribution < -0.4 is 22.8 Å². The molecule has 0 bridgehead atoms. The van der Waals surface area contributed by atoms with Gasteiger partial charge >= 0.3 is 126 Å². The van der Waals surface area contributed by atoms with E-state index in [1.165, 1.54) is 24.6 Å². The molecule has 0 spiro atoms. The quantitative estimate of drug-likeness (QED) is 0.358. The number of nitrogens with zero attached hydrogens (tertiary/aromatic N) is 2. The molecule has 0 amide bonds. The molecule has 5 rings (SSSR count). The normalized spacial score (nSPS) is 12.4. The van der Waals surface area contributed by atoms with Crippen LogP contribution >= 0.6 is 0 Å². The van der Waals surface area contributed by atoms with Gasteiger partial charge in [0, 0.05) is 23.5 Å². The van der Waals surface area contributed by atoms with Gasteiger partial charge in [-0.15, -0.1) is 0 Å². The molecule has 170 valence electrons. The van der Waals surface area contributed by atoms with Crippen LogP contribution in [0.4, 0.5) is 11.4 Å². The Hall–Kier alpha value is -2.91. The third-order valence-corrected chi connectivity index (χ3v) is 11.7. The molecular formula is C30H33BGeN2. The van der Waals surface area contributed by atoms with Crippen LogP contribution in [0.3, 0.4) is 0 Å². The number of fused-ring (bicyclic) bond motifs is 1. The molecule has 0 N–H and O–H groups in total. The summed E-state index contributed by atoms with van der Waals surface area (Å²) in [5.74, 6) is 0. The summed E-state index contributed by atoms with van der Waals surface area (Å²) in [6.45, 7) is 8.88. The van der Waals surface area contributed by atoms with E-state index in [1.54, 1.807) is 0 Å². The monoisotopic (exact) mass is 506 g/mol. The van der Waals surface area contributed by atoms with Gasteiger partial charge in [0.2, 0.25) is 0 Å². The zero-order valence-corrected chi connectivity index (χ0v) is 22.7. The van der Waals surface area contributed by atoms with Crippen molar-refractivity contribution >= 4 is 46.5 Å². The van der Waals surface area contributed by atoms with E-state index in [4.69, 9.17) is 0 Å². The molecule has 0 fully saturated rings. The van der Waals surface area contributed by atoms with E-state index in [9.17, 15) is 0 Å². The number of hydrogen-bond acceptors (Lipinski definition) is 2. The van der Waals surface area contributed by atoms with Gasteiger partial charge in [-0.3, -0.25) is 0 Å². The first kappa shape index (κ1) is 24.2. The molecule has 2 nitrogen and oxygen atoms in total. The second-order valence-electron chi connectivity index (χ2n) is 9.08. The number of benzene rings is 4. The van der Waals surface area contributed by atoms with E-state index >= 15 is 0 Å². The second kappa shape index (κ2) is 11.5. The van der Waals surface area contributed by atoms with E-state index in [2.05, 4.69) is 160 Å². The van der Waals surface area contributed by atoms with Crippen LogP contribution in [-0.2, 0) is 0 Å². The van der Waals surface area contributed by atoms with Crippen molar-refractivity contribution in [1.82, 2.24) is 0 Å². The topological polar surface area (TPSA) is 6.48 Å². The maximum atomic E-state index is 2.33. The molecule has 4 aromatic carbocycles. The standard InChI is InChI=1S/C18H15Ge.C12H18BN2/c1-4-10-16(11-5-1)19(17-12-6-2-7-13-17)18-14-8-3-9-15-18;1-9(2)14-11-7-5-6-8-12(11)15(13-14)10(3)4/h1-15H;5-10H,1-4H3. The van der Waals surface area contributed by atoms with Crippen LogP contribution in [0.2, 0.25) is 0 Å². The van der Waals surface area contributed by atoms with Gasteiger partial charge in [0.15, 0.2) is 0 Å². The molecule has 0 aromatic heterocycles. The number of anilines is 2. The summed E-state index contributed by atoms with van der Waals surface area (Å²) in [5, 5.41) is 0. The minimum atomic E-state index is -1.63. The van der Waals surface area contributed by atoms with E-state index in [0.717, 1.165) is 0 Å². The predicted octanol–water partition coefficient (Wildman–Crippen LogP) is 4.87. The third kappa shape index (κ3) is 5.59. The van der Waals surface area contributed by atoms with Gasteiger partial charge in [0.05, 0.1) is 0 Å². The van der Waals surface area contributed by atoms with Crippen LogP contribution in [0, 0.1) is 0 Å². The molecule has 34 heavy (non-hydrogen) atoms. The van der Waals surface area contributed by atoms with Crippen molar-refractivity contribution in [3.05, 3.63) is 115 Å². The second-order valence-corrected chi connectivity index (χ2v) is 14.3. The van der Waals surface area contributed by atoms with Crippen molar-refractivity contribution in [2.24, 2.45) is 0 Å². The van der Waals surface area contributed by atoms with Crippen LogP contribution in [0.15, 0.2) is 115 Å². The van der Waals surface area contributed by atoms with E-state index < -0.39 is 14.3 Å². The molecule has 1 aliphatic heterocycles. The molecule has 0 saturated heterocycles. The Balaban J connectivity index is 0.000000166. The van der Waals surface area contributed by atoms with Gasteiger partial charge in [-0.2, -0.15) is 0 Å². The summed E-state index contributed by atoms with van der Waals surface area (Å²) in [4.78, 5) is 4.66. The summed E-state index contributed by atoms with van der Waals surface area (Å²) >= 11 is -1.63. The molecule has 2 radical (unpaired) electrons. The molecule has 4 heteroatoms.